The first-order valence-electron chi connectivity index (χ1n) is 4.80. The van der Waals surface area contributed by atoms with Crippen molar-refractivity contribution in [3.63, 3.8) is 0 Å². The summed E-state index contributed by atoms with van der Waals surface area (Å²) in [7, 11) is 0. The number of rotatable bonds is 2. The molecular formula is C12H17O. The van der Waals surface area contributed by atoms with Gasteiger partial charge in [0.05, 0.1) is 0 Å². The SMILES string of the molecule is CCC([O])c1ccc(C)c(C)c1C. The molecule has 0 fully saturated rings. The monoisotopic (exact) mass is 177 g/mol. The largest absolute Gasteiger partial charge is 0.228 e. The van der Waals surface area contributed by atoms with Crippen LogP contribution in [0.4, 0.5) is 0 Å². The number of benzene rings is 1. The second kappa shape index (κ2) is 3.93. The van der Waals surface area contributed by atoms with Crippen LogP contribution in [0.1, 0.15) is 41.7 Å². The summed E-state index contributed by atoms with van der Waals surface area (Å²) in [6, 6.07) is 4.01. The lowest BCUT2D eigenvalue weighted by molar-refractivity contribution is 0.0851. The zero-order valence-corrected chi connectivity index (χ0v) is 8.85. The van der Waals surface area contributed by atoms with Gasteiger partial charge in [0.15, 0.2) is 0 Å². The Morgan fingerprint density at radius 2 is 1.77 bits per heavy atom. The minimum Gasteiger partial charge on any atom is -0.228 e. The Balaban J connectivity index is 3.18. The minimum atomic E-state index is -0.556. The van der Waals surface area contributed by atoms with Gasteiger partial charge < -0.3 is 0 Å². The Kier molecular flexibility index (Phi) is 3.10. The van der Waals surface area contributed by atoms with Gasteiger partial charge >= 0.3 is 0 Å². The van der Waals surface area contributed by atoms with Crippen LogP contribution < -0.4 is 0 Å². The lowest BCUT2D eigenvalue weighted by Crippen LogP contribution is -1.99. The maximum Gasteiger partial charge on any atom is 0.118 e. The summed E-state index contributed by atoms with van der Waals surface area (Å²) >= 11 is 0. The molecule has 0 heterocycles. The Bertz CT molecular complexity index is 302. The number of aryl methyl sites for hydroxylation is 1. The molecule has 0 aliphatic carbocycles. The first kappa shape index (κ1) is 10.3. The van der Waals surface area contributed by atoms with E-state index in [1.165, 1.54) is 16.7 Å². The Morgan fingerprint density at radius 3 is 2.31 bits per heavy atom. The molecule has 1 aromatic rings. The molecule has 0 bridgehead atoms. The average Bonchev–Trinajstić information content (AvgIpc) is 2.13. The van der Waals surface area contributed by atoms with Crippen LogP contribution in [0.3, 0.4) is 0 Å². The van der Waals surface area contributed by atoms with E-state index >= 15 is 0 Å². The fraction of sp³-hybridized carbons (Fsp3) is 0.500. The molecule has 0 saturated heterocycles. The van der Waals surface area contributed by atoms with E-state index in [0.29, 0.717) is 6.42 Å². The quantitative estimate of drug-likeness (QED) is 0.659. The van der Waals surface area contributed by atoms with Gasteiger partial charge in [0.1, 0.15) is 6.10 Å². The summed E-state index contributed by atoms with van der Waals surface area (Å²) in [4.78, 5) is 0. The molecule has 71 valence electrons. The number of hydrogen-bond donors (Lipinski definition) is 0. The molecule has 1 atom stereocenters. The van der Waals surface area contributed by atoms with E-state index < -0.39 is 6.10 Å². The Morgan fingerprint density at radius 1 is 1.15 bits per heavy atom. The highest BCUT2D eigenvalue weighted by atomic mass is 16.3. The fourth-order valence-corrected chi connectivity index (χ4v) is 1.55. The van der Waals surface area contributed by atoms with Gasteiger partial charge in [-0.15, -0.1) is 0 Å². The van der Waals surface area contributed by atoms with Crippen molar-refractivity contribution in [3.05, 3.63) is 34.4 Å². The molecular weight excluding hydrogens is 160 g/mol. The molecule has 0 aliphatic rings. The summed E-state index contributed by atoms with van der Waals surface area (Å²) in [6.45, 7) is 8.14. The van der Waals surface area contributed by atoms with Crippen molar-refractivity contribution >= 4 is 0 Å². The smallest absolute Gasteiger partial charge is 0.118 e. The summed E-state index contributed by atoms with van der Waals surface area (Å²) < 4.78 is 0. The molecule has 0 aromatic heterocycles. The van der Waals surface area contributed by atoms with E-state index in [-0.39, 0.29) is 0 Å². The molecule has 0 spiro atoms. The van der Waals surface area contributed by atoms with Gasteiger partial charge in [-0.1, -0.05) is 19.1 Å². The zero-order chi connectivity index (χ0) is 10.0. The highest BCUT2D eigenvalue weighted by molar-refractivity contribution is 5.39. The predicted molar refractivity (Wildman–Crippen MR) is 54.4 cm³/mol. The Labute approximate surface area is 80.4 Å². The minimum absolute atomic E-state index is 0.556. The van der Waals surface area contributed by atoms with Crippen molar-refractivity contribution in [2.45, 2.75) is 40.2 Å². The van der Waals surface area contributed by atoms with Crippen molar-refractivity contribution in [3.8, 4) is 0 Å². The van der Waals surface area contributed by atoms with Crippen LogP contribution in [0.2, 0.25) is 0 Å². The van der Waals surface area contributed by atoms with E-state index in [2.05, 4.69) is 13.8 Å². The van der Waals surface area contributed by atoms with E-state index in [9.17, 15) is 5.11 Å². The maximum atomic E-state index is 11.6. The molecule has 1 radical (unpaired) electrons. The van der Waals surface area contributed by atoms with Crippen LogP contribution in [-0.2, 0) is 5.11 Å². The van der Waals surface area contributed by atoms with Crippen molar-refractivity contribution < 1.29 is 5.11 Å². The van der Waals surface area contributed by atoms with E-state index in [4.69, 9.17) is 0 Å². The molecule has 1 aromatic carbocycles. The van der Waals surface area contributed by atoms with E-state index in [1.807, 2.05) is 26.0 Å². The average molecular weight is 177 g/mol. The third-order valence-electron chi connectivity index (χ3n) is 2.82. The molecule has 13 heavy (non-hydrogen) atoms. The fourth-order valence-electron chi connectivity index (χ4n) is 1.55. The molecule has 0 aliphatic heterocycles. The van der Waals surface area contributed by atoms with Gasteiger partial charge in [0, 0.05) is 0 Å². The van der Waals surface area contributed by atoms with Crippen LogP contribution in [0.15, 0.2) is 12.1 Å². The summed E-state index contributed by atoms with van der Waals surface area (Å²) in [5, 5.41) is 11.6. The molecule has 1 rings (SSSR count). The highest BCUT2D eigenvalue weighted by Crippen LogP contribution is 2.24. The lowest BCUT2D eigenvalue weighted by atomic mass is 9.95. The third kappa shape index (κ3) is 1.92. The van der Waals surface area contributed by atoms with Crippen LogP contribution >= 0.6 is 0 Å². The zero-order valence-electron chi connectivity index (χ0n) is 8.85. The van der Waals surface area contributed by atoms with Gasteiger partial charge in [-0.05, 0) is 49.4 Å². The van der Waals surface area contributed by atoms with Gasteiger partial charge in [-0.3, -0.25) is 0 Å². The van der Waals surface area contributed by atoms with Crippen LogP contribution in [0.25, 0.3) is 0 Å². The molecule has 1 nitrogen and oxygen atoms in total. The first-order valence-corrected chi connectivity index (χ1v) is 4.80. The van der Waals surface area contributed by atoms with Gasteiger partial charge in [0.2, 0.25) is 0 Å². The Hall–Kier alpha value is -0.820. The van der Waals surface area contributed by atoms with Crippen molar-refractivity contribution in [2.24, 2.45) is 0 Å². The van der Waals surface area contributed by atoms with Crippen LogP contribution in [-0.4, -0.2) is 0 Å². The van der Waals surface area contributed by atoms with Gasteiger partial charge in [-0.25, -0.2) is 5.11 Å². The molecule has 0 N–H and O–H groups in total. The predicted octanol–water partition coefficient (Wildman–Crippen LogP) is 3.49. The third-order valence-corrected chi connectivity index (χ3v) is 2.82. The maximum absolute atomic E-state index is 11.6. The highest BCUT2D eigenvalue weighted by Gasteiger charge is 2.11. The lowest BCUT2D eigenvalue weighted by Gasteiger charge is -2.13. The van der Waals surface area contributed by atoms with E-state index in [1.54, 1.807) is 0 Å². The first-order chi connectivity index (χ1) is 6.07. The number of hydrogen-bond acceptors (Lipinski definition) is 0. The molecule has 0 amide bonds. The van der Waals surface area contributed by atoms with Crippen LogP contribution in [0.5, 0.6) is 0 Å². The van der Waals surface area contributed by atoms with Gasteiger partial charge in [-0.2, -0.15) is 0 Å². The normalized spacial score (nSPS) is 13.0. The second-order valence-electron chi connectivity index (χ2n) is 3.62. The summed E-state index contributed by atoms with van der Waals surface area (Å²) in [5.74, 6) is 0. The molecule has 0 saturated carbocycles. The van der Waals surface area contributed by atoms with Crippen molar-refractivity contribution in [1.82, 2.24) is 0 Å². The summed E-state index contributed by atoms with van der Waals surface area (Å²) in [5.41, 5.74) is 4.66. The summed E-state index contributed by atoms with van der Waals surface area (Å²) in [6.07, 6.45) is 0.114. The topological polar surface area (TPSA) is 19.9 Å². The van der Waals surface area contributed by atoms with Crippen molar-refractivity contribution in [1.29, 1.82) is 0 Å². The molecule has 1 heteroatoms. The standard InChI is InChI=1S/C12H17O/c1-5-12(13)11-7-6-8(2)9(3)10(11)4/h6-7,12H,5H2,1-4H3. The van der Waals surface area contributed by atoms with Crippen LogP contribution in [0, 0.1) is 20.8 Å². The van der Waals surface area contributed by atoms with E-state index in [0.717, 1.165) is 5.56 Å². The molecule has 1 unspecified atom stereocenters. The van der Waals surface area contributed by atoms with Crippen molar-refractivity contribution in [2.75, 3.05) is 0 Å². The second-order valence-corrected chi connectivity index (χ2v) is 3.62. The van der Waals surface area contributed by atoms with Gasteiger partial charge in [0.25, 0.3) is 0 Å².